The van der Waals surface area contributed by atoms with Gasteiger partial charge in [0.05, 0.1) is 0 Å². The molecule has 2 bridgehead atoms. The molecule has 2 saturated heterocycles. The van der Waals surface area contributed by atoms with E-state index in [4.69, 9.17) is 0 Å². The molecule has 2 aliphatic heterocycles. The van der Waals surface area contributed by atoms with Crippen LogP contribution in [0.5, 0.6) is 0 Å². The molecule has 17 heavy (non-hydrogen) atoms. The molecule has 1 aromatic rings. The summed E-state index contributed by atoms with van der Waals surface area (Å²) in [7, 11) is 0. The fourth-order valence-corrected chi connectivity index (χ4v) is 5.12. The number of benzene rings is 1. The monoisotopic (exact) mass is 244 g/mol. The highest BCUT2D eigenvalue weighted by Gasteiger charge is 2.39. The van der Waals surface area contributed by atoms with Crippen molar-refractivity contribution in [2.45, 2.75) is 62.0 Å². The quantitative estimate of drug-likeness (QED) is 0.645. The van der Waals surface area contributed by atoms with Crippen molar-refractivity contribution in [2.24, 2.45) is 0 Å². The van der Waals surface area contributed by atoms with Gasteiger partial charge in [-0.1, -0.05) is 67.9 Å². The zero-order valence-electron chi connectivity index (χ0n) is 10.7. The van der Waals surface area contributed by atoms with Crippen molar-refractivity contribution < 1.29 is 0 Å². The van der Waals surface area contributed by atoms with Gasteiger partial charge in [-0.25, -0.2) is 0 Å². The van der Waals surface area contributed by atoms with Crippen LogP contribution in [0.4, 0.5) is 0 Å². The number of hydrogen-bond donors (Lipinski definition) is 0. The van der Waals surface area contributed by atoms with E-state index < -0.39 is 0 Å². The molecule has 0 nitrogen and oxygen atoms in total. The lowest BCUT2D eigenvalue weighted by Gasteiger charge is -2.39. The van der Waals surface area contributed by atoms with Crippen molar-refractivity contribution in [3.63, 3.8) is 0 Å². The molecule has 1 aromatic carbocycles. The van der Waals surface area contributed by atoms with E-state index in [1.807, 2.05) is 0 Å². The topological polar surface area (TPSA) is 0 Å². The summed E-state index contributed by atoms with van der Waals surface area (Å²) in [5.41, 5.74) is 1.37. The molecule has 0 unspecified atom stereocenters. The number of hydrogen-bond acceptors (Lipinski definition) is 1. The molecule has 90 valence electrons. The summed E-state index contributed by atoms with van der Waals surface area (Å²) >= 11 is 2.17. The Bertz CT molecular complexity index is 351. The minimum atomic E-state index is 0.917. The molecule has 2 fully saturated rings. The van der Waals surface area contributed by atoms with Crippen LogP contribution < -0.4 is 0 Å². The molecule has 0 N–H and O–H groups in total. The van der Waals surface area contributed by atoms with Gasteiger partial charge in [-0.15, -0.1) is 0 Å². The van der Waals surface area contributed by atoms with E-state index in [-0.39, 0.29) is 0 Å². The maximum atomic E-state index is 2.31. The fourth-order valence-electron chi connectivity index (χ4n) is 3.58. The van der Waals surface area contributed by atoms with E-state index in [1.165, 1.54) is 49.0 Å². The molecule has 0 spiro atoms. The number of aryl methyl sites for hydroxylation is 1. The molecular formula is C15H21BS. The van der Waals surface area contributed by atoms with Crippen LogP contribution in [0.1, 0.15) is 44.1 Å². The van der Waals surface area contributed by atoms with Crippen LogP contribution in [-0.2, 0) is 0 Å². The van der Waals surface area contributed by atoms with Crippen molar-refractivity contribution in [1.82, 2.24) is 0 Å². The van der Waals surface area contributed by atoms with Gasteiger partial charge in [0.1, 0.15) is 0 Å². The standard InChI is InChI=1S/C15H21BS/c1-12-8-10-15(11-9-12)17-16-13-4-2-5-14(16)7-3-6-13/h8-11,13-14H,2-7H2,1H3. The summed E-state index contributed by atoms with van der Waals surface area (Å²) in [6.07, 6.45) is 8.92. The highest BCUT2D eigenvalue weighted by molar-refractivity contribution is 8.25. The first-order valence-electron chi connectivity index (χ1n) is 7.06. The van der Waals surface area contributed by atoms with E-state index in [9.17, 15) is 0 Å². The van der Waals surface area contributed by atoms with Gasteiger partial charge in [-0.2, -0.15) is 11.6 Å². The van der Waals surface area contributed by atoms with Gasteiger partial charge >= 0.3 is 0 Å². The van der Waals surface area contributed by atoms with Crippen LogP contribution in [-0.4, -0.2) is 5.99 Å². The van der Waals surface area contributed by atoms with Gasteiger partial charge in [0.25, 0.3) is 0 Å². The lowest BCUT2D eigenvalue weighted by atomic mass is 9.42. The summed E-state index contributed by atoms with van der Waals surface area (Å²) in [6, 6.07) is 9.12. The van der Waals surface area contributed by atoms with Crippen LogP contribution >= 0.6 is 11.6 Å². The largest absolute Gasteiger partial charge is 0.222 e. The molecule has 0 amide bonds. The van der Waals surface area contributed by atoms with Gasteiger partial charge < -0.3 is 0 Å². The first-order chi connectivity index (χ1) is 8.33. The molecule has 0 aromatic heterocycles. The Labute approximate surface area is 110 Å². The summed E-state index contributed by atoms with van der Waals surface area (Å²) in [6.45, 7) is 2.17. The highest BCUT2D eigenvalue weighted by Crippen LogP contribution is 2.51. The smallest absolute Gasteiger partial charge is 0.175 e. The Morgan fingerprint density at radius 1 is 0.941 bits per heavy atom. The second kappa shape index (κ2) is 5.10. The van der Waals surface area contributed by atoms with Gasteiger partial charge in [0, 0.05) is 0 Å². The Balaban J connectivity index is 1.73. The van der Waals surface area contributed by atoms with Crippen LogP contribution in [0.15, 0.2) is 29.2 Å². The lowest BCUT2D eigenvalue weighted by molar-refractivity contribution is 0.451. The van der Waals surface area contributed by atoms with E-state index in [0.717, 1.165) is 17.6 Å². The SMILES string of the molecule is Cc1ccc(SB2C3CCCC2CCC3)cc1. The predicted octanol–water partition coefficient (Wildman–Crippen LogP) is 5.19. The van der Waals surface area contributed by atoms with Gasteiger partial charge in [0.2, 0.25) is 5.99 Å². The molecule has 0 saturated carbocycles. The molecule has 2 heterocycles. The first kappa shape index (κ1) is 11.7. The maximum Gasteiger partial charge on any atom is 0.222 e. The predicted molar refractivity (Wildman–Crippen MR) is 78.0 cm³/mol. The number of rotatable bonds is 2. The van der Waals surface area contributed by atoms with Gasteiger partial charge in [-0.3, -0.25) is 0 Å². The van der Waals surface area contributed by atoms with Crippen molar-refractivity contribution >= 4 is 17.6 Å². The van der Waals surface area contributed by atoms with Crippen LogP contribution in [0.3, 0.4) is 0 Å². The minimum absolute atomic E-state index is 0.917. The average Bonchev–Trinajstić information content (AvgIpc) is 2.32. The molecule has 0 aliphatic carbocycles. The van der Waals surface area contributed by atoms with E-state index in [0.29, 0.717) is 0 Å². The minimum Gasteiger partial charge on any atom is -0.175 e. The molecule has 2 aliphatic rings. The second-order valence-electron chi connectivity index (χ2n) is 5.78. The van der Waals surface area contributed by atoms with Crippen LogP contribution in [0.25, 0.3) is 0 Å². The summed E-state index contributed by atoms with van der Waals surface area (Å²) in [4.78, 5) is 1.49. The third-order valence-corrected chi connectivity index (χ3v) is 6.11. The van der Waals surface area contributed by atoms with Crippen LogP contribution in [0.2, 0.25) is 11.6 Å². The Morgan fingerprint density at radius 3 is 2.00 bits per heavy atom. The zero-order chi connectivity index (χ0) is 11.7. The lowest BCUT2D eigenvalue weighted by Crippen LogP contribution is -2.31. The third-order valence-electron chi connectivity index (χ3n) is 4.52. The molecule has 0 atom stereocenters. The molecule has 0 radical (unpaired) electrons. The molecule has 3 rings (SSSR count). The van der Waals surface area contributed by atoms with E-state index in [2.05, 4.69) is 42.8 Å². The number of fused-ring (bicyclic) bond motifs is 2. The Hall–Kier alpha value is -0.365. The summed E-state index contributed by atoms with van der Waals surface area (Å²) in [5, 5.41) is 0. The van der Waals surface area contributed by atoms with E-state index >= 15 is 0 Å². The van der Waals surface area contributed by atoms with Crippen molar-refractivity contribution in [2.75, 3.05) is 0 Å². The molecular weight excluding hydrogens is 223 g/mol. The van der Waals surface area contributed by atoms with Gasteiger partial charge in [0.15, 0.2) is 0 Å². The molecule has 2 heteroatoms. The summed E-state index contributed by atoms with van der Waals surface area (Å²) in [5.74, 6) is 2.93. The normalized spacial score (nSPS) is 28.2. The van der Waals surface area contributed by atoms with Crippen molar-refractivity contribution in [3.8, 4) is 0 Å². The highest BCUT2D eigenvalue weighted by atomic mass is 32.2. The van der Waals surface area contributed by atoms with E-state index in [1.54, 1.807) is 0 Å². The zero-order valence-corrected chi connectivity index (χ0v) is 11.5. The Morgan fingerprint density at radius 2 is 1.47 bits per heavy atom. The Kier molecular flexibility index (Phi) is 3.51. The van der Waals surface area contributed by atoms with Gasteiger partial charge in [-0.05, 0) is 24.0 Å². The third kappa shape index (κ3) is 2.57. The average molecular weight is 244 g/mol. The summed E-state index contributed by atoms with van der Waals surface area (Å²) < 4.78 is 0. The fraction of sp³-hybridized carbons (Fsp3) is 0.600. The van der Waals surface area contributed by atoms with Crippen LogP contribution in [0, 0.1) is 6.92 Å². The maximum absolute atomic E-state index is 2.31. The second-order valence-corrected chi connectivity index (χ2v) is 7.03. The van der Waals surface area contributed by atoms with Crippen molar-refractivity contribution in [3.05, 3.63) is 29.8 Å². The van der Waals surface area contributed by atoms with Crippen molar-refractivity contribution in [1.29, 1.82) is 0 Å². The first-order valence-corrected chi connectivity index (χ1v) is 7.94.